The molecule has 0 aromatic carbocycles. The van der Waals surface area contributed by atoms with Crippen molar-refractivity contribution >= 4 is 28.2 Å². The van der Waals surface area contributed by atoms with E-state index in [1.54, 1.807) is 6.26 Å². The molecule has 1 amide bonds. The molecule has 1 saturated heterocycles. The maximum absolute atomic E-state index is 12.5. The van der Waals surface area contributed by atoms with Gasteiger partial charge >= 0.3 is 0 Å². The number of thiazole rings is 1. The highest BCUT2D eigenvalue weighted by Gasteiger charge is 2.26. The van der Waals surface area contributed by atoms with Crippen molar-refractivity contribution in [3.8, 4) is 11.5 Å². The van der Waals surface area contributed by atoms with Crippen molar-refractivity contribution < 1.29 is 9.21 Å². The van der Waals surface area contributed by atoms with E-state index in [2.05, 4.69) is 25.4 Å². The lowest BCUT2D eigenvalue weighted by atomic mass is 9.96. The largest absolute Gasteiger partial charge is 0.463 e. The Bertz CT molecular complexity index is 867. The molecule has 134 valence electrons. The number of aryl methyl sites for hydroxylation is 1. The van der Waals surface area contributed by atoms with Crippen LogP contribution in [0.25, 0.3) is 11.5 Å². The SMILES string of the molecule is Cc1ccc(N2CCC(C(=O)Nc3nc(-c4ccco4)cs3)CC2)nn1. The van der Waals surface area contributed by atoms with Crippen LogP contribution in [0, 0.1) is 12.8 Å². The Kier molecular flexibility index (Phi) is 4.66. The van der Waals surface area contributed by atoms with Gasteiger partial charge < -0.3 is 14.6 Å². The summed E-state index contributed by atoms with van der Waals surface area (Å²) in [6.45, 7) is 3.51. The van der Waals surface area contributed by atoms with Gasteiger partial charge in [0.05, 0.1) is 12.0 Å². The third-order valence-corrected chi connectivity index (χ3v) is 5.24. The van der Waals surface area contributed by atoms with Crippen LogP contribution in [0.2, 0.25) is 0 Å². The summed E-state index contributed by atoms with van der Waals surface area (Å²) in [4.78, 5) is 19.1. The molecule has 0 radical (unpaired) electrons. The van der Waals surface area contributed by atoms with Crippen LogP contribution >= 0.6 is 11.3 Å². The molecule has 8 heteroatoms. The zero-order chi connectivity index (χ0) is 17.9. The third-order valence-electron chi connectivity index (χ3n) is 4.48. The first-order valence-electron chi connectivity index (χ1n) is 8.54. The number of hydrogen-bond acceptors (Lipinski definition) is 7. The number of hydrogen-bond donors (Lipinski definition) is 1. The van der Waals surface area contributed by atoms with Gasteiger partial charge in [-0.25, -0.2) is 4.98 Å². The first-order chi connectivity index (χ1) is 12.7. The molecule has 0 atom stereocenters. The number of aromatic nitrogens is 3. The van der Waals surface area contributed by atoms with E-state index in [0.29, 0.717) is 10.9 Å². The first kappa shape index (κ1) is 16.7. The van der Waals surface area contributed by atoms with E-state index in [-0.39, 0.29) is 11.8 Å². The number of nitrogens with one attached hydrogen (secondary N) is 1. The Morgan fingerprint density at radius 2 is 2.12 bits per heavy atom. The zero-order valence-corrected chi connectivity index (χ0v) is 15.2. The fourth-order valence-electron chi connectivity index (χ4n) is 3.01. The highest BCUT2D eigenvalue weighted by Crippen LogP contribution is 2.27. The smallest absolute Gasteiger partial charge is 0.229 e. The van der Waals surface area contributed by atoms with Crippen molar-refractivity contribution in [3.05, 3.63) is 41.6 Å². The molecule has 0 saturated carbocycles. The van der Waals surface area contributed by atoms with Crippen molar-refractivity contribution in [1.82, 2.24) is 15.2 Å². The number of carbonyl (C=O) groups excluding carboxylic acids is 1. The molecule has 4 heterocycles. The summed E-state index contributed by atoms with van der Waals surface area (Å²) in [6, 6.07) is 7.61. The summed E-state index contributed by atoms with van der Waals surface area (Å²) >= 11 is 1.41. The van der Waals surface area contributed by atoms with Gasteiger partial charge in [-0.2, -0.15) is 5.10 Å². The summed E-state index contributed by atoms with van der Waals surface area (Å²) < 4.78 is 5.33. The predicted octanol–water partition coefficient (Wildman–Crippen LogP) is 3.36. The molecule has 0 spiro atoms. The summed E-state index contributed by atoms with van der Waals surface area (Å²) in [6.07, 6.45) is 3.19. The standard InChI is InChI=1S/C18H19N5O2S/c1-12-4-5-16(22-21-12)23-8-6-13(7-9-23)17(24)20-18-19-14(11-26-18)15-3-2-10-25-15/h2-5,10-11,13H,6-9H2,1H3,(H,19,20,24). The lowest BCUT2D eigenvalue weighted by molar-refractivity contribution is -0.120. The summed E-state index contributed by atoms with van der Waals surface area (Å²) in [7, 11) is 0. The van der Waals surface area contributed by atoms with Crippen LogP contribution in [-0.2, 0) is 4.79 Å². The Morgan fingerprint density at radius 1 is 1.27 bits per heavy atom. The number of piperidine rings is 1. The van der Waals surface area contributed by atoms with E-state index in [4.69, 9.17) is 4.42 Å². The van der Waals surface area contributed by atoms with Gasteiger partial charge in [0.2, 0.25) is 5.91 Å². The minimum Gasteiger partial charge on any atom is -0.463 e. The molecular weight excluding hydrogens is 350 g/mol. The molecule has 3 aromatic rings. The number of nitrogens with zero attached hydrogens (tertiary/aromatic N) is 4. The zero-order valence-electron chi connectivity index (χ0n) is 14.4. The van der Waals surface area contributed by atoms with Crippen molar-refractivity contribution in [2.24, 2.45) is 5.92 Å². The topological polar surface area (TPSA) is 84.2 Å². The van der Waals surface area contributed by atoms with Crippen LogP contribution in [0.5, 0.6) is 0 Å². The fraction of sp³-hybridized carbons (Fsp3) is 0.333. The van der Waals surface area contributed by atoms with Gasteiger partial charge in [0, 0.05) is 24.4 Å². The van der Waals surface area contributed by atoms with E-state index in [0.717, 1.165) is 43.1 Å². The molecule has 0 unspecified atom stereocenters. The quantitative estimate of drug-likeness (QED) is 0.759. The Balaban J connectivity index is 1.33. The molecule has 0 bridgehead atoms. The van der Waals surface area contributed by atoms with Crippen LogP contribution in [0.4, 0.5) is 10.9 Å². The van der Waals surface area contributed by atoms with Crippen molar-refractivity contribution in [1.29, 1.82) is 0 Å². The predicted molar refractivity (Wildman–Crippen MR) is 100 cm³/mol. The van der Waals surface area contributed by atoms with E-state index in [1.165, 1.54) is 11.3 Å². The molecule has 0 aliphatic carbocycles. The van der Waals surface area contributed by atoms with Gasteiger partial charge in [0.25, 0.3) is 0 Å². The van der Waals surface area contributed by atoms with Crippen molar-refractivity contribution in [2.45, 2.75) is 19.8 Å². The Labute approximate surface area is 155 Å². The van der Waals surface area contributed by atoms with Crippen LogP contribution < -0.4 is 10.2 Å². The van der Waals surface area contributed by atoms with Gasteiger partial charge in [-0.05, 0) is 44.0 Å². The number of carbonyl (C=O) groups is 1. The lowest BCUT2D eigenvalue weighted by Crippen LogP contribution is -2.38. The average Bonchev–Trinajstić information content (AvgIpc) is 3.34. The van der Waals surface area contributed by atoms with Gasteiger partial charge in [0.1, 0.15) is 5.69 Å². The molecule has 1 aliphatic heterocycles. The highest BCUT2D eigenvalue weighted by atomic mass is 32.1. The molecule has 3 aromatic heterocycles. The van der Waals surface area contributed by atoms with Crippen molar-refractivity contribution in [3.63, 3.8) is 0 Å². The van der Waals surface area contributed by atoms with Crippen LogP contribution in [0.1, 0.15) is 18.5 Å². The van der Waals surface area contributed by atoms with Gasteiger partial charge in [0.15, 0.2) is 16.7 Å². The first-order valence-corrected chi connectivity index (χ1v) is 9.42. The van der Waals surface area contributed by atoms with Crippen LogP contribution in [0.3, 0.4) is 0 Å². The summed E-state index contributed by atoms with van der Waals surface area (Å²) in [5.74, 6) is 1.59. The molecule has 26 heavy (non-hydrogen) atoms. The molecule has 1 aliphatic rings. The van der Waals surface area contributed by atoms with Crippen molar-refractivity contribution in [2.75, 3.05) is 23.3 Å². The van der Waals surface area contributed by atoms with Crippen LogP contribution in [-0.4, -0.2) is 34.2 Å². The third kappa shape index (κ3) is 3.60. The fourth-order valence-corrected chi connectivity index (χ4v) is 3.71. The minimum atomic E-state index is -0.0133. The second kappa shape index (κ2) is 7.25. The second-order valence-corrected chi connectivity index (χ2v) is 7.16. The maximum Gasteiger partial charge on any atom is 0.229 e. The second-order valence-electron chi connectivity index (χ2n) is 6.30. The number of amides is 1. The molecular formula is C18H19N5O2S. The lowest BCUT2D eigenvalue weighted by Gasteiger charge is -2.31. The number of anilines is 2. The summed E-state index contributed by atoms with van der Waals surface area (Å²) in [5.41, 5.74) is 1.64. The molecule has 1 fully saturated rings. The number of furan rings is 1. The molecule has 1 N–H and O–H groups in total. The summed E-state index contributed by atoms with van der Waals surface area (Å²) in [5, 5.41) is 13.8. The normalized spacial score (nSPS) is 15.2. The van der Waals surface area contributed by atoms with E-state index >= 15 is 0 Å². The number of rotatable bonds is 4. The minimum absolute atomic E-state index is 0.0133. The Hall–Kier alpha value is -2.74. The van der Waals surface area contributed by atoms with Crippen LogP contribution in [0.15, 0.2) is 40.3 Å². The Morgan fingerprint density at radius 3 is 2.81 bits per heavy atom. The molecule has 4 rings (SSSR count). The average molecular weight is 369 g/mol. The van der Waals surface area contributed by atoms with E-state index in [9.17, 15) is 4.79 Å². The highest BCUT2D eigenvalue weighted by molar-refractivity contribution is 7.14. The van der Waals surface area contributed by atoms with E-state index in [1.807, 2.05) is 36.6 Å². The molecule has 7 nitrogen and oxygen atoms in total. The maximum atomic E-state index is 12.5. The van der Waals surface area contributed by atoms with Gasteiger partial charge in [-0.3, -0.25) is 4.79 Å². The van der Waals surface area contributed by atoms with Gasteiger partial charge in [-0.15, -0.1) is 16.4 Å². The van der Waals surface area contributed by atoms with Gasteiger partial charge in [-0.1, -0.05) is 0 Å². The van der Waals surface area contributed by atoms with E-state index < -0.39 is 0 Å². The monoisotopic (exact) mass is 369 g/mol.